The Balaban J connectivity index is 2.08. The molecule has 0 saturated carbocycles. The van der Waals surface area contributed by atoms with Crippen LogP contribution in [-0.2, 0) is 4.74 Å². The second kappa shape index (κ2) is 4.73. The van der Waals surface area contributed by atoms with E-state index in [0.717, 1.165) is 18.4 Å². The van der Waals surface area contributed by atoms with Crippen LogP contribution in [0.25, 0.3) is 0 Å². The van der Waals surface area contributed by atoms with Gasteiger partial charge in [0.1, 0.15) is 0 Å². The van der Waals surface area contributed by atoms with Crippen molar-refractivity contribution in [2.24, 2.45) is 11.8 Å². The van der Waals surface area contributed by atoms with Gasteiger partial charge in [-0.2, -0.15) is 0 Å². The molecule has 0 bridgehead atoms. The van der Waals surface area contributed by atoms with Crippen LogP contribution in [0.4, 0.5) is 0 Å². The van der Waals surface area contributed by atoms with Crippen molar-refractivity contribution >= 4 is 0 Å². The van der Waals surface area contributed by atoms with Crippen molar-refractivity contribution in [2.45, 2.75) is 19.8 Å². The lowest BCUT2D eigenvalue weighted by molar-refractivity contribution is 0.147. The smallest absolute Gasteiger partial charge is 0.0487 e. The van der Waals surface area contributed by atoms with Gasteiger partial charge in [-0.3, -0.25) is 0 Å². The number of rotatable bonds is 4. The van der Waals surface area contributed by atoms with Gasteiger partial charge in [-0.15, -0.1) is 0 Å². The SMILES string of the molecule is COCC(C)CC1CCNC1. The molecule has 0 aliphatic carbocycles. The first kappa shape index (κ1) is 9.01. The van der Waals surface area contributed by atoms with E-state index in [2.05, 4.69) is 12.2 Å². The van der Waals surface area contributed by atoms with Crippen molar-refractivity contribution in [3.63, 3.8) is 0 Å². The molecule has 2 nitrogen and oxygen atoms in total. The summed E-state index contributed by atoms with van der Waals surface area (Å²) in [6.45, 7) is 5.61. The van der Waals surface area contributed by atoms with Crippen LogP contribution in [0.1, 0.15) is 19.8 Å². The van der Waals surface area contributed by atoms with E-state index in [-0.39, 0.29) is 0 Å². The highest BCUT2D eigenvalue weighted by atomic mass is 16.5. The van der Waals surface area contributed by atoms with E-state index >= 15 is 0 Å². The van der Waals surface area contributed by atoms with Gasteiger partial charge in [-0.25, -0.2) is 0 Å². The van der Waals surface area contributed by atoms with Gasteiger partial charge < -0.3 is 10.1 Å². The first-order valence-electron chi connectivity index (χ1n) is 4.52. The van der Waals surface area contributed by atoms with E-state index < -0.39 is 0 Å². The zero-order valence-electron chi connectivity index (χ0n) is 7.60. The predicted molar refractivity (Wildman–Crippen MR) is 46.6 cm³/mol. The minimum Gasteiger partial charge on any atom is -0.384 e. The second-order valence-electron chi connectivity index (χ2n) is 3.66. The van der Waals surface area contributed by atoms with Crippen molar-refractivity contribution in [2.75, 3.05) is 26.8 Å². The zero-order valence-corrected chi connectivity index (χ0v) is 7.60. The number of hydrogen-bond acceptors (Lipinski definition) is 2. The molecule has 2 heteroatoms. The molecule has 1 N–H and O–H groups in total. The van der Waals surface area contributed by atoms with Crippen molar-refractivity contribution < 1.29 is 4.74 Å². The standard InChI is InChI=1S/C9H19NO/c1-8(7-11-2)5-9-3-4-10-6-9/h8-10H,3-7H2,1-2H3. The lowest BCUT2D eigenvalue weighted by Gasteiger charge is -2.14. The third kappa shape index (κ3) is 3.21. The molecular weight excluding hydrogens is 138 g/mol. The third-order valence-electron chi connectivity index (χ3n) is 2.35. The van der Waals surface area contributed by atoms with Gasteiger partial charge in [0.15, 0.2) is 0 Å². The molecule has 1 aliphatic rings. The van der Waals surface area contributed by atoms with Crippen molar-refractivity contribution in [1.82, 2.24) is 5.32 Å². The summed E-state index contributed by atoms with van der Waals surface area (Å²) in [6.07, 6.45) is 2.68. The summed E-state index contributed by atoms with van der Waals surface area (Å²) >= 11 is 0. The van der Waals surface area contributed by atoms with Crippen LogP contribution in [0.3, 0.4) is 0 Å². The van der Waals surface area contributed by atoms with E-state index in [1.54, 1.807) is 7.11 Å². The summed E-state index contributed by atoms with van der Waals surface area (Å²) < 4.78 is 5.09. The Morgan fingerprint density at radius 3 is 3.00 bits per heavy atom. The highest BCUT2D eigenvalue weighted by Gasteiger charge is 2.16. The van der Waals surface area contributed by atoms with Gasteiger partial charge in [0.2, 0.25) is 0 Å². The van der Waals surface area contributed by atoms with Gasteiger partial charge in [0.05, 0.1) is 0 Å². The Bertz CT molecular complexity index is 99.7. The summed E-state index contributed by atoms with van der Waals surface area (Å²) in [5, 5.41) is 3.38. The molecule has 1 saturated heterocycles. The van der Waals surface area contributed by atoms with Crippen LogP contribution in [0, 0.1) is 11.8 Å². The molecular formula is C9H19NO. The minimum atomic E-state index is 0.727. The third-order valence-corrected chi connectivity index (χ3v) is 2.35. The summed E-state index contributed by atoms with van der Waals surface area (Å²) in [4.78, 5) is 0. The van der Waals surface area contributed by atoms with E-state index in [9.17, 15) is 0 Å². The Labute approximate surface area is 69.3 Å². The molecule has 1 heterocycles. The molecule has 0 aromatic heterocycles. The molecule has 0 amide bonds. The van der Waals surface area contributed by atoms with Crippen LogP contribution in [0.2, 0.25) is 0 Å². The van der Waals surface area contributed by atoms with Crippen molar-refractivity contribution in [3.05, 3.63) is 0 Å². The maximum absolute atomic E-state index is 5.09. The largest absolute Gasteiger partial charge is 0.384 e. The number of nitrogens with one attached hydrogen (secondary N) is 1. The Morgan fingerprint density at radius 1 is 1.64 bits per heavy atom. The van der Waals surface area contributed by atoms with Crippen LogP contribution < -0.4 is 5.32 Å². The van der Waals surface area contributed by atoms with Gasteiger partial charge in [0.25, 0.3) is 0 Å². The Morgan fingerprint density at radius 2 is 2.45 bits per heavy atom. The highest BCUT2D eigenvalue weighted by molar-refractivity contribution is 4.72. The second-order valence-corrected chi connectivity index (χ2v) is 3.66. The topological polar surface area (TPSA) is 21.3 Å². The van der Waals surface area contributed by atoms with Crippen LogP contribution >= 0.6 is 0 Å². The molecule has 0 radical (unpaired) electrons. The summed E-state index contributed by atoms with van der Waals surface area (Å²) in [7, 11) is 1.78. The molecule has 0 aromatic rings. The Kier molecular flexibility index (Phi) is 3.87. The fourth-order valence-electron chi connectivity index (χ4n) is 1.84. The molecule has 66 valence electrons. The molecule has 1 rings (SSSR count). The van der Waals surface area contributed by atoms with E-state index in [4.69, 9.17) is 4.74 Å². The molecule has 11 heavy (non-hydrogen) atoms. The van der Waals surface area contributed by atoms with Gasteiger partial charge in [0, 0.05) is 13.7 Å². The van der Waals surface area contributed by atoms with Crippen molar-refractivity contribution in [1.29, 1.82) is 0 Å². The monoisotopic (exact) mass is 157 g/mol. The molecule has 2 atom stereocenters. The maximum atomic E-state index is 5.09. The summed E-state index contributed by atoms with van der Waals surface area (Å²) in [5.41, 5.74) is 0. The van der Waals surface area contributed by atoms with E-state index in [1.165, 1.54) is 25.9 Å². The minimum absolute atomic E-state index is 0.727. The lowest BCUT2D eigenvalue weighted by Crippen LogP contribution is -2.13. The normalized spacial score (nSPS) is 27.3. The van der Waals surface area contributed by atoms with Crippen LogP contribution in [0.15, 0.2) is 0 Å². The Hall–Kier alpha value is -0.0800. The molecule has 0 spiro atoms. The van der Waals surface area contributed by atoms with Crippen molar-refractivity contribution in [3.8, 4) is 0 Å². The molecule has 2 unspecified atom stereocenters. The highest BCUT2D eigenvalue weighted by Crippen LogP contribution is 2.17. The molecule has 1 fully saturated rings. The molecule has 0 aromatic carbocycles. The van der Waals surface area contributed by atoms with Crippen LogP contribution in [-0.4, -0.2) is 26.8 Å². The first-order valence-corrected chi connectivity index (χ1v) is 4.52. The quantitative estimate of drug-likeness (QED) is 0.663. The fourth-order valence-corrected chi connectivity index (χ4v) is 1.84. The number of methoxy groups -OCH3 is 1. The molecule has 1 aliphatic heterocycles. The number of ether oxygens (including phenoxy) is 1. The predicted octanol–water partition coefficient (Wildman–Crippen LogP) is 1.27. The summed E-state index contributed by atoms with van der Waals surface area (Å²) in [5.74, 6) is 1.63. The van der Waals surface area contributed by atoms with Gasteiger partial charge >= 0.3 is 0 Å². The van der Waals surface area contributed by atoms with Gasteiger partial charge in [-0.05, 0) is 37.8 Å². The fraction of sp³-hybridized carbons (Fsp3) is 1.00. The van der Waals surface area contributed by atoms with Crippen LogP contribution in [0.5, 0.6) is 0 Å². The lowest BCUT2D eigenvalue weighted by atomic mass is 9.96. The average molecular weight is 157 g/mol. The van der Waals surface area contributed by atoms with E-state index in [1.807, 2.05) is 0 Å². The average Bonchev–Trinajstić information content (AvgIpc) is 2.40. The maximum Gasteiger partial charge on any atom is 0.0487 e. The first-order chi connectivity index (χ1) is 5.33. The number of hydrogen-bond donors (Lipinski definition) is 1. The summed E-state index contributed by atoms with van der Waals surface area (Å²) in [6, 6.07) is 0. The van der Waals surface area contributed by atoms with E-state index in [0.29, 0.717) is 0 Å². The van der Waals surface area contributed by atoms with Gasteiger partial charge in [-0.1, -0.05) is 6.92 Å². The zero-order chi connectivity index (χ0) is 8.10.